The molecule has 1 amide bonds. The van der Waals surface area contributed by atoms with Gasteiger partial charge in [-0.05, 0) is 32.2 Å². The number of amides is 1. The highest BCUT2D eigenvalue weighted by Gasteiger charge is 2.29. The van der Waals surface area contributed by atoms with Gasteiger partial charge in [0.2, 0.25) is 5.91 Å². The summed E-state index contributed by atoms with van der Waals surface area (Å²) in [5.74, 6) is 0.189. The first-order valence-electron chi connectivity index (χ1n) is 8.49. The normalized spacial score (nSPS) is 24.1. The number of likely N-dealkylation sites (tertiary alicyclic amines) is 2. The molecule has 1 aromatic rings. The number of carbonyl (C=O) groups is 1. The number of hydrogen-bond acceptors (Lipinski definition) is 4. The first kappa shape index (κ1) is 16.7. The van der Waals surface area contributed by atoms with Gasteiger partial charge in [-0.15, -0.1) is 0 Å². The molecule has 3 rings (SSSR count). The lowest BCUT2D eigenvalue weighted by atomic mass is 9.99. The molecule has 2 saturated heterocycles. The Labute approximate surface area is 142 Å². The quantitative estimate of drug-likeness (QED) is 0.899. The van der Waals surface area contributed by atoms with Crippen molar-refractivity contribution in [1.29, 1.82) is 0 Å². The summed E-state index contributed by atoms with van der Waals surface area (Å²) < 4.78 is 1.71. The van der Waals surface area contributed by atoms with Crippen LogP contribution >= 0.6 is 11.6 Å². The minimum absolute atomic E-state index is 0.177. The smallest absolute Gasteiger partial charge is 0.224 e. The van der Waals surface area contributed by atoms with Crippen molar-refractivity contribution in [2.24, 2.45) is 0 Å². The van der Waals surface area contributed by atoms with Crippen LogP contribution in [0.3, 0.4) is 0 Å². The van der Waals surface area contributed by atoms with E-state index in [9.17, 15) is 9.90 Å². The number of aliphatic hydroxyl groups excluding tert-OH is 1. The van der Waals surface area contributed by atoms with Gasteiger partial charge in [0.15, 0.2) is 0 Å². The average molecular weight is 341 g/mol. The fraction of sp³-hybridized carbons (Fsp3) is 0.750. The second-order valence-electron chi connectivity index (χ2n) is 6.57. The van der Waals surface area contributed by atoms with Crippen molar-refractivity contribution in [2.75, 3.05) is 26.2 Å². The van der Waals surface area contributed by atoms with Crippen molar-refractivity contribution in [1.82, 2.24) is 19.6 Å². The van der Waals surface area contributed by atoms with E-state index in [1.54, 1.807) is 17.1 Å². The van der Waals surface area contributed by atoms with Crippen LogP contribution in [0.2, 0.25) is 5.02 Å². The lowest BCUT2D eigenvalue weighted by Gasteiger charge is -2.41. The van der Waals surface area contributed by atoms with Gasteiger partial charge >= 0.3 is 0 Å². The van der Waals surface area contributed by atoms with Crippen LogP contribution in [0.15, 0.2) is 12.4 Å². The summed E-state index contributed by atoms with van der Waals surface area (Å²) in [5.41, 5.74) is 0. The fourth-order valence-electron chi connectivity index (χ4n) is 3.62. The monoisotopic (exact) mass is 340 g/mol. The predicted octanol–water partition coefficient (Wildman–Crippen LogP) is 1.37. The summed E-state index contributed by atoms with van der Waals surface area (Å²) in [5, 5.41) is 14.5. The molecule has 0 unspecified atom stereocenters. The molecule has 7 heteroatoms. The molecule has 0 radical (unpaired) electrons. The number of nitrogens with zero attached hydrogens (tertiary/aromatic N) is 4. The number of carbonyl (C=O) groups excluding carboxylic acids is 1. The maximum absolute atomic E-state index is 12.3. The standard InChI is InChI=1S/C16H25ClN4O2/c17-13-10-18-21(11-13)9-5-16(23)19-7-3-14(4-8-19)20-6-1-2-15(22)12-20/h10-11,14-15,22H,1-9,12H2/t15-/m0/s1. The Morgan fingerprint density at radius 1 is 1.30 bits per heavy atom. The average Bonchev–Trinajstić information content (AvgIpc) is 2.98. The number of β-amino-alcohol motifs (C(OH)–C–C–N with tert-alkyl or cyclic N) is 1. The zero-order chi connectivity index (χ0) is 16.2. The molecule has 0 aliphatic carbocycles. The first-order chi connectivity index (χ1) is 11.1. The second kappa shape index (κ2) is 7.64. The van der Waals surface area contributed by atoms with E-state index in [0.29, 0.717) is 24.0 Å². The lowest BCUT2D eigenvalue weighted by Crippen LogP contribution is -2.50. The molecule has 0 aromatic carbocycles. The molecule has 1 aromatic heterocycles. The molecular weight excluding hydrogens is 316 g/mol. The Morgan fingerprint density at radius 3 is 2.74 bits per heavy atom. The molecule has 2 aliphatic rings. The Kier molecular flexibility index (Phi) is 5.56. The molecule has 0 spiro atoms. The van der Waals surface area contributed by atoms with Crippen LogP contribution in [0.25, 0.3) is 0 Å². The lowest BCUT2D eigenvalue weighted by molar-refractivity contribution is -0.133. The van der Waals surface area contributed by atoms with E-state index in [4.69, 9.17) is 11.6 Å². The van der Waals surface area contributed by atoms with Crippen molar-refractivity contribution < 1.29 is 9.90 Å². The highest BCUT2D eigenvalue weighted by molar-refractivity contribution is 6.30. The summed E-state index contributed by atoms with van der Waals surface area (Å²) in [6.45, 7) is 4.07. The predicted molar refractivity (Wildman–Crippen MR) is 88.3 cm³/mol. The summed E-state index contributed by atoms with van der Waals surface area (Å²) in [6, 6.07) is 0.513. The highest BCUT2D eigenvalue weighted by atomic mass is 35.5. The van der Waals surface area contributed by atoms with Crippen molar-refractivity contribution >= 4 is 17.5 Å². The topological polar surface area (TPSA) is 61.6 Å². The fourth-order valence-corrected chi connectivity index (χ4v) is 3.78. The summed E-state index contributed by atoms with van der Waals surface area (Å²) in [7, 11) is 0. The van der Waals surface area contributed by atoms with Gasteiger partial charge in [-0.2, -0.15) is 5.10 Å². The zero-order valence-corrected chi connectivity index (χ0v) is 14.2. The SMILES string of the molecule is O=C(CCn1cc(Cl)cn1)N1CCC(N2CCC[C@H](O)C2)CC1. The minimum Gasteiger partial charge on any atom is -0.392 e. The van der Waals surface area contributed by atoms with Crippen LogP contribution < -0.4 is 0 Å². The summed E-state index contributed by atoms with van der Waals surface area (Å²) >= 11 is 5.82. The molecule has 23 heavy (non-hydrogen) atoms. The van der Waals surface area contributed by atoms with Gasteiger partial charge in [0.1, 0.15) is 0 Å². The van der Waals surface area contributed by atoms with Crippen LogP contribution in [-0.4, -0.2) is 68.9 Å². The number of aromatic nitrogens is 2. The Balaban J connectivity index is 1.42. The number of halogens is 1. The maximum atomic E-state index is 12.3. The highest BCUT2D eigenvalue weighted by Crippen LogP contribution is 2.21. The van der Waals surface area contributed by atoms with Crippen molar-refractivity contribution in [3.63, 3.8) is 0 Å². The number of piperidine rings is 2. The molecule has 2 aliphatic heterocycles. The second-order valence-corrected chi connectivity index (χ2v) is 7.01. The summed E-state index contributed by atoms with van der Waals surface area (Å²) in [4.78, 5) is 16.7. The van der Waals surface area contributed by atoms with Gasteiger partial charge < -0.3 is 10.0 Å². The van der Waals surface area contributed by atoms with Crippen molar-refractivity contribution in [3.05, 3.63) is 17.4 Å². The van der Waals surface area contributed by atoms with Gasteiger partial charge in [0.25, 0.3) is 0 Å². The zero-order valence-electron chi connectivity index (χ0n) is 13.4. The summed E-state index contributed by atoms with van der Waals surface area (Å²) in [6.07, 6.45) is 7.62. The minimum atomic E-state index is -0.177. The molecule has 0 saturated carbocycles. The molecule has 2 fully saturated rings. The Bertz CT molecular complexity index is 528. The van der Waals surface area contributed by atoms with Crippen molar-refractivity contribution in [2.45, 2.75) is 50.8 Å². The number of rotatable bonds is 4. The van der Waals surface area contributed by atoms with Crippen LogP contribution in [0, 0.1) is 0 Å². The molecule has 6 nitrogen and oxygen atoms in total. The van der Waals surface area contributed by atoms with Gasteiger partial charge in [0, 0.05) is 44.8 Å². The van der Waals surface area contributed by atoms with E-state index in [-0.39, 0.29) is 12.0 Å². The third kappa shape index (κ3) is 4.46. The number of aryl methyl sites for hydroxylation is 1. The molecule has 3 heterocycles. The van der Waals surface area contributed by atoms with Crippen LogP contribution in [0.5, 0.6) is 0 Å². The number of aliphatic hydroxyl groups is 1. The number of hydrogen-bond donors (Lipinski definition) is 1. The van der Waals surface area contributed by atoms with Crippen LogP contribution in [-0.2, 0) is 11.3 Å². The largest absolute Gasteiger partial charge is 0.392 e. The van der Waals surface area contributed by atoms with E-state index in [1.807, 2.05) is 4.90 Å². The van der Waals surface area contributed by atoms with Gasteiger partial charge in [0.05, 0.1) is 17.3 Å². The van der Waals surface area contributed by atoms with Crippen molar-refractivity contribution in [3.8, 4) is 0 Å². The van der Waals surface area contributed by atoms with Gasteiger partial charge in [-0.25, -0.2) is 0 Å². The molecule has 1 N–H and O–H groups in total. The Morgan fingerprint density at radius 2 is 2.09 bits per heavy atom. The van der Waals surface area contributed by atoms with Gasteiger partial charge in [-0.3, -0.25) is 14.4 Å². The Hall–Kier alpha value is -1.11. The molecule has 0 bridgehead atoms. The third-order valence-corrected chi connectivity index (χ3v) is 5.11. The van der Waals surface area contributed by atoms with Crippen LogP contribution in [0.4, 0.5) is 0 Å². The van der Waals surface area contributed by atoms with E-state index < -0.39 is 0 Å². The van der Waals surface area contributed by atoms with E-state index in [2.05, 4.69) is 10.00 Å². The molecule has 1 atom stereocenters. The van der Waals surface area contributed by atoms with E-state index in [0.717, 1.165) is 51.9 Å². The third-order valence-electron chi connectivity index (χ3n) is 4.92. The maximum Gasteiger partial charge on any atom is 0.224 e. The van der Waals surface area contributed by atoms with E-state index >= 15 is 0 Å². The molecule has 128 valence electrons. The first-order valence-corrected chi connectivity index (χ1v) is 8.87. The van der Waals surface area contributed by atoms with E-state index in [1.165, 1.54) is 0 Å². The van der Waals surface area contributed by atoms with Crippen LogP contribution in [0.1, 0.15) is 32.1 Å². The van der Waals surface area contributed by atoms with Gasteiger partial charge in [-0.1, -0.05) is 11.6 Å². The molecular formula is C16H25ClN4O2.